The minimum Gasteiger partial charge on any atom is -0.368 e. The Hall–Kier alpha value is -4.79. The minimum atomic E-state index is -4.50. The predicted molar refractivity (Wildman–Crippen MR) is 147 cm³/mol. The van der Waals surface area contributed by atoms with E-state index in [1.807, 2.05) is 4.90 Å². The lowest BCUT2D eigenvalue weighted by Crippen LogP contribution is -2.60. The maximum absolute atomic E-state index is 13.4. The quantitative estimate of drug-likeness (QED) is 0.366. The zero-order valence-corrected chi connectivity index (χ0v) is 22.4. The molecule has 0 saturated carbocycles. The summed E-state index contributed by atoms with van der Waals surface area (Å²) < 4.78 is 47.0. The van der Waals surface area contributed by atoms with Crippen molar-refractivity contribution < 1.29 is 27.5 Å². The molecule has 15 heteroatoms. The fourth-order valence-electron chi connectivity index (χ4n) is 5.15. The zero-order chi connectivity index (χ0) is 29.4. The third kappa shape index (κ3) is 5.95. The summed E-state index contributed by atoms with van der Waals surface area (Å²) in [5.74, 6) is 0.614. The van der Waals surface area contributed by atoms with Crippen LogP contribution in [0.25, 0.3) is 22.4 Å². The molecule has 2 saturated heterocycles. The number of hydrogen-bond acceptors (Lipinski definition) is 8. The van der Waals surface area contributed by atoms with Gasteiger partial charge >= 0.3 is 12.2 Å². The molecule has 42 heavy (non-hydrogen) atoms. The van der Waals surface area contributed by atoms with Gasteiger partial charge in [0.25, 0.3) is 0 Å². The van der Waals surface area contributed by atoms with Crippen LogP contribution in [0.15, 0.2) is 55.0 Å². The largest absolute Gasteiger partial charge is 0.408 e. The molecule has 2 fully saturated rings. The molecular weight excluding hydrogens is 555 g/mol. The molecule has 3 aromatic heterocycles. The van der Waals surface area contributed by atoms with Gasteiger partial charge in [0.1, 0.15) is 12.4 Å². The molecule has 0 spiro atoms. The molecule has 2 bridgehead atoms. The number of ether oxygens (including phenoxy) is 1. The Kier molecular flexibility index (Phi) is 7.10. The Morgan fingerprint density at radius 1 is 0.952 bits per heavy atom. The molecule has 1 aromatic carbocycles. The smallest absolute Gasteiger partial charge is 0.368 e. The number of fused-ring (bicyclic) bond motifs is 3. The molecule has 0 radical (unpaired) electrons. The monoisotopic (exact) mass is 581 g/mol. The number of anilines is 3. The molecule has 2 N–H and O–H groups in total. The lowest BCUT2D eigenvalue weighted by Gasteiger charge is -2.46. The van der Waals surface area contributed by atoms with Gasteiger partial charge in [0.05, 0.1) is 23.8 Å². The number of urea groups is 1. The number of alkyl halides is 3. The van der Waals surface area contributed by atoms with Crippen LogP contribution in [0.3, 0.4) is 0 Å². The molecule has 2 atom stereocenters. The summed E-state index contributed by atoms with van der Waals surface area (Å²) in [7, 11) is 0. The Labute approximate surface area is 237 Å². The number of aromatic nitrogens is 5. The van der Waals surface area contributed by atoms with Crippen molar-refractivity contribution in [2.75, 3.05) is 41.7 Å². The van der Waals surface area contributed by atoms with Crippen LogP contribution in [0, 0.1) is 0 Å². The number of hydrogen-bond donors (Lipinski definition) is 2. The fourth-order valence-corrected chi connectivity index (χ4v) is 5.15. The highest BCUT2D eigenvalue weighted by molar-refractivity contribution is 5.99. The molecule has 6 rings (SSSR count). The molecule has 5 heterocycles. The van der Waals surface area contributed by atoms with Crippen molar-refractivity contribution in [3.63, 3.8) is 0 Å². The summed E-state index contributed by atoms with van der Waals surface area (Å²) in [4.78, 5) is 41.2. The van der Waals surface area contributed by atoms with Crippen LogP contribution < -0.4 is 15.5 Å². The minimum absolute atomic E-state index is 0.0327. The van der Waals surface area contributed by atoms with Gasteiger partial charge in [-0.05, 0) is 36.4 Å². The van der Waals surface area contributed by atoms with Crippen molar-refractivity contribution in [1.29, 1.82) is 0 Å². The highest BCUT2D eigenvalue weighted by atomic mass is 19.4. The van der Waals surface area contributed by atoms with Gasteiger partial charge in [-0.25, -0.2) is 19.4 Å². The van der Waals surface area contributed by atoms with Crippen LogP contribution >= 0.6 is 0 Å². The summed E-state index contributed by atoms with van der Waals surface area (Å²) >= 11 is 0. The number of carbonyl (C=O) groups is 2. The topological polar surface area (TPSA) is 130 Å². The van der Waals surface area contributed by atoms with E-state index in [0.717, 1.165) is 4.68 Å². The van der Waals surface area contributed by atoms with Gasteiger partial charge in [-0.2, -0.15) is 18.3 Å². The van der Waals surface area contributed by atoms with Gasteiger partial charge in [-0.1, -0.05) is 0 Å². The van der Waals surface area contributed by atoms with Crippen molar-refractivity contribution in [2.45, 2.75) is 31.9 Å². The number of pyridine rings is 1. The highest BCUT2D eigenvalue weighted by Crippen LogP contribution is 2.32. The van der Waals surface area contributed by atoms with Crippen LogP contribution in [-0.4, -0.2) is 86.1 Å². The maximum Gasteiger partial charge on any atom is 0.408 e. The fraction of sp³-hybridized carbons (Fsp3) is 0.333. The lowest BCUT2D eigenvalue weighted by molar-refractivity contribution is -0.145. The van der Waals surface area contributed by atoms with E-state index in [0.29, 0.717) is 54.3 Å². The molecule has 12 nitrogen and oxygen atoms in total. The van der Waals surface area contributed by atoms with Gasteiger partial charge in [-0.15, -0.1) is 0 Å². The number of halogens is 3. The number of rotatable bonds is 5. The zero-order valence-electron chi connectivity index (χ0n) is 22.4. The summed E-state index contributed by atoms with van der Waals surface area (Å²) in [6.45, 7) is 1.84. The second kappa shape index (κ2) is 10.9. The van der Waals surface area contributed by atoms with Gasteiger partial charge in [-0.3, -0.25) is 9.78 Å². The van der Waals surface area contributed by atoms with E-state index in [4.69, 9.17) is 9.72 Å². The van der Waals surface area contributed by atoms with Crippen molar-refractivity contribution in [3.05, 3.63) is 55.0 Å². The number of carbonyl (C=O) groups excluding carboxylic acids is 2. The van der Waals surface area contributed by atoms with Crippen LogP contribution in [0.1, 0.15) is 6.92 Å². The van der Waals surface area contributed by atoms with Crippen LogP contribution in [0.4, 0.5) is 35.2 Å². The second-order valence-corrected chi connectivity index (χ2v) is 10.1. The Bertz CT molecular complexity index is 1600. The Balaban J connectivity index is 1.30. The summed E-state index contributed by atoms with van der Waals surface area (Å²) in [5, 5.41) is 9.79. The molecule has 218 valence electrons. The SMILES string of the molecule is CC(=O)N1CC2CN(c3nc(-c4ccc(NC(=O)Nc5ccncc5)cc4)nc4c3cnn4CC(F)(F)F)CC(C1)O2. The van der Waals surface area contributed by atoms with Gasteiger partial charge in [0.15, 0.2) is 11.5 Å². The molecule has 4 aromatic rings. The highest BCUT2D eigenvalue weighted by Gasteiger charge is 2.37. The molecular formula is C27H26F3N9O3. The average molecular weight is 582 g/mol. The van der Waals surface area contributed by atoms with E-state index < -0.39 is 18.8 Å². The number of nitrogens with one attached hydrogen (secondary N) is 2. The summed E-state index contributed by atoms with van der Waals surface area (Å²) in [6, 6.07) is 9.50. The lowest BCUT2D eigenvalue weighted by atomic mass is 10.1. The molecule has 2 unspecified atom stereocenters. The maximum atomic E-state index is 13.4. The van der Waals surface area contributed by atoms with E-state index in [1.165, 1.54) is 13.1 Å². The van der Waals surface area contributed by atoms with E-state index in [1.54, 1.807) is 53.7 Å². The number of nitrogens with zero attached hydrogens (tertiary/aromatic N) is 7. The summed E-state index contributed by atoms with van der Waals surface area (Å²) in [6.07, 6.45) is -0.588. The van der Waals surface area contributed by atoms with Crippen LogP contribution in [0.5, 0.6) is 0 Å². The van der Waals surface area contributed by atoms with E-state index in [-0.39, 0.29) is 29.6 Å². The molecule has 2 aliphatic rings. The Morgan fingerprint density at radius 2 is 1.60 bits per heavy atom. The number of morpholine rings is 2. The third-order valence-electron chi connectivity index (χ3n) is 6.97. The van der Waals surface area contributed by atoms with E-state index in [9.17, 15) is 22.8 Å². The summed E-state index contributed by atoms with van der Waals surface area (Å²) in [5.41, 5.74) is 1.65. The van der Waals surface area contributed by atoms with E-state index in [2.05, 4.69) is 25.7 Å². The van der Waals surface area contributed by atoms with Crippen molar-refractivity contribution in [1.82, 2.24) is 29.6 Å². The average Bonchev–Trinajstić information content (AvgIpc) is 3.34. The van der Waals surface area contributed by atoms with Crippen LogP contribution in [0.2, 0.25) is 0 Å². The van der Waals surface area contributed by atoms with Crippen LogP contribution in [-0.2, 0) is 16.1 Å². The van der Waals surface area contributed by atoms with Gasteiger partial charge in [0.2, 0.25) is 5.91 Å². The van der Waals surface area contributed by atoms with E-state index >= 15 is 0 Å². The molecule has 0 aliphatic carbocycles. The Morgan fingerprint density at radius 3 is 2.21 bits per heavy atom. The first-order valence-electron chi connectivity index (χ1n) is 13.2. The van der Waals surface area contributed by atoms with Crippen molar-refractivity contribution >= 4 is 40.2 Å². The normalized spacial score (nSPS) is 18.7. The third-order valence-corrected chi connectivity index (χ3v) is 6.97. The number of amides is 3. The number of benzene rings is 1. The first kappa shape index (κ1) is 27.4. The standard InChI is InChI=1S/C27H26F3N9O3/c1-16(40)37-11-20-13-38(14-21(12-37)42-20)24-22-10-32-39(15-27(28,29)30)25(22)36-23(35-24)17-2-4-18(5-3-17)33-26(41)34-19-6-8-31-9-7-19/h2-10,20-21H,11-15H2,1H3,(H2,31,33,34,41). The first-order chi connectivity index (χ1) is 20.1. The molecule has 3 amide bonds. The van der Waals surface area contributed by atoms with Crippen molar-refractivity contribution in [2.24, 2.45) is 0 Å². The molecule has 2 aliphatic heterocycles. The second-order valence-electron chi connectivity index (χ2n) is 10.1. The first-order valence-corrected chi connectivity index (χ1v) is 13.2. The van der Waals surface area contributed by atoms with Gasteiger partial charge in [0, 0.05) is 62.4 Å². The predicted octanol–water partition coefficient (Wildman–Crippen LogP) is 3.53. The van der Waals surface area contributed by atoms with Gasteiger partial charge < -0.3 is 25.2 Å². The van der Waals surface area contributed by atoms with Crippen molar-refractivity contribution in [3.8, 4) is 11.4 Å².